The first kappa shape index (κ1) is 15.3. The second-order valence-corrected chi connectivity index (χ2v) is 5.47. The van der Waals surface area contributed by atoms with E-state index < -0.39 is 0 Å². The zero-order valence-corrected chi connectivity index (χ0v) is 11.9. The fourth-order valence-electron chi connectivity index (χ4n) is 1.63. The molecule has 0 rings (SSSR count). The second kappa shape index (κ2) is 8.43. The molecule has 0 aliphatic rings. The van der Waals surface area contributed by atoms with Crippen LogP contribution in [0.15, 0.2) is 0 Å². The van der Waals surface area contributed by atoms with Gasteiger partial charge in [-0.05, 0) is 58.2 Å². The van der Waals surface area contributed by atoms with Crippen LogP contribution in [0.5, 0.6) is 0 Å². The highest BCUT2D eigenvalue weighted by atomic mass is 32.1. The first-order valence-electron chi connectivity index (χ1n) is 5.91. The van der Waals surface area contributed by atoms with E-state index >= 15 is 0 Å². The first-order chi connectivity index (χ1) is 6.97. The molecule has 0 bridgehead atoms. The van der Waals surface area contributed by atoms with Crippen LogP contribution in [0.25, 0.3) is 0 Å². The predicted octanol–water partition coefficient (Wildman–Crippen LogP) is 2.07. The number of rotatable bonds is 8. The Morgan fingerprint density at radius 2 is 1.67 bits per heavy atom. The quantitative estimate of drug-likeness (QED) is 0.640. The summed E-state index contributed by atoms with van der Waals surface area (Å²) in [5, 5.41) is 0. The summed E-state index contributed by atoms with van der Waals surface area (Å²) >= 11 is 4.42. The van der Waals surface area contributed by atoms with Crippen LogP contribution in [0.3, 0.4) is 0 Å². The van der Waals surface area contributed by atoms with Gasteiger partial charge in [0, 0.05) is 6.54 Å². The van der Waals surface area contributed by atoms with Crippen molar-refractivity contribution in [2.45, 2.75) is 20.3 Å². The third kappa shape index (κ3) is 8.12. The van der Waals surface area contributed by atoms with E-state index in [1.807, 2.05) is 0 Å². The Kier molecular flexibility index (Phi) is 8.58. The maximum absolute atomic E-state index is 4.42. The maximum Gasteiger partial charge on any atom is 0.00169 e. The summed E-state index contributed by atoms with van der Waals surface area (Å²) in [6.07, 6.45) is 1.25. The predicted molar refractivity (Wildman–Crippen MR) is 72.8 cm³/mol. The van der Waals surface area contributed by atoms with E-state index in [0.717, 1.165) is 17.6 Å². The first-order valence-corrected chi connectivity index (χ1v) is 6.54. The number of hydrogen-bond acceptors (Lipinski definition) is 3. The summed E-state index contributed by atoms with van der Waals surface area (Å²) in [7, 11) is 6.48. The molecule has 0 aromatic carbocycles. The Balaban J connectivity index is 3.66. The molecule has 0 aliphatic heterocycles. The van der Waals surface area contributed by atoms with E-state index in [1.165, 1.54) is 26.1 Å². The third-order valence-corrected chi connectivity index (χ3v) is 3.34. The molecule has 0 aromatic rings. The van der Waals surface area contributed by atoms with E-state index in [4.69, 9.17) is 0 Å². The van der Waals surface area contributed by atoms with Gasteiger partial charge >= 0.3 is 0 Å². The molecule has 2 nitrogen and oxygen atoms in total. The molecular weight excluding hydrogens is 204 g/mol. The van der Waals surface area contributed by atoms with Crippen molar-refractivity contribution in [1.82, 2.24) is 9.80 Å². The molecule has 0 radical (unpaired) electrons. The summed E-state index contributed by atoms with van der Waals surface area (Å²) in [6.45, 7) is 8.12. The molecule has 0 N–H and O–H groups in total. The van der Waals surface area contributed by atoms with Crippen molar-refractivity contribution in [3.8, 4) is 0 Å². The fourth-order valence-corrected chi connectivity index (χ4v) is 2.16. The van der Waals surface area contributed by atoms with E-state index in [2.05, 4.69) is 57.4 Å². The largest absolute Gasteiger partial charge is 0.309 e. The van der Waals surface area contributed by atoms with Gasteiger partial charge in [-0.25, -0.2) is 0 Å². The average Bonchev–Trinajstić information content (AvgIpc) is 2.13. The minimum absolute atomic E-state index is 0.720. The molecule has 1 atom stereocenters. The topological polar surface area (TPSA) is 6.48 Å². The lowest BCUT2D eigenvalue weighted by molar-refractivity contribution is 0.241. The minimum atomic E-state index is 0.720. The molecule has 0 fully saturated rings. The highest BCUT2D eigenvalue weighted by Crippen LogP contribution is 2.13. The van der Waals surface area contributed by atoms with Crippen molar-refractivity contribution < 1.29 is 0 Å². The lowest BCUT2D eigenvalue weighted by Crippen LogP contribution is -2.31. The Morgan fingerprint density at radius 3 is 2.07 bits per heavy atom. The molecule has 0 spiro atoms. The summed E-state index contributed by atoms with van der Waals surface area (Å²) in [6, 6.07) is 0. The van der Waals surface area contributed by atoms with Crippen LogP contribution in [0, 0.1) is 11.8 Å². The number of hydrogen-bond donors (Lipinski definition) is 1. The van der Waals surface area contributed by atoms with Gasteiger partial charge in [-0.3, -0.25) is 0 Å². The van der Waals surface area contributed by atoms with E-state index in [-0.39, 0.29) is 0 Å². The Bertz CT molecular complexity index is 149. The van der Waals surface area contributed by atoms with Crippen LogP contribution in [-0.2, 0) is 0 Å². The molecule has 92 valence electrons. The summed E-state index contributed by atoms with van der Waals surface area (Å²) in [5.41, 5.74) is 0. The van der Waals surface area contributed by atoms with Gasteiger partial charge in [0.1, 0.15) is 0 Å². The van der Waals surface area contributed by atoms with Gasteiger partial charge < -0.3 is 9.80 Å². The van der Waals surface area contributed by atoms with Crippen LogP contribution in [0.2, 0.25) is 0 Å². The van der Waals surface area contributed by atoms with Gasteiger partial charge in [0.05, 0.1) is 0 Å². The average molecular weight is 232 g/mol. The van der Waals surface area contributed by atoms with Gasteiger partial charge in [0.15, 0.2) is 0 Å². The van der Waals surface area contributed by atoms with Crippen molar-refractivity contribution in [3.63, 3.8) is 0 Å². The van der Waals surface area contributed by atoms with Gasteiger partial charge in [0.25, 0.3) is 0 Å². The molecule has 1 unspecified atom stereocenters. The molecule has 0 saturated heterocycles. The minimum Gasteiger partial charge on any atom is -0.309 e. The molecule has 15 heavy (non-hydrogen) atoms. The van der Waals surface area contributed by atoms with Gasteiger partial charge in [-0.2, -0.15) is 12.6 Å². The van der Waals surface area contributed by atoms with Crippen LogP contribution >= 0.6 is 12.6 Å². The van der Waals surface area contributed by atoms with E-state index in [0.29, 0.717) is 0 Å². The van der Waals surface area contributed by atoms with Crippen molar-refractivity contribution in [3.05, 3.63) is 0 Å². The van der Waals surface area contributed by atoms with Crippen LogP contribution in [0.1, 0.15) is 20.3 Å². The summed E-state index contributed by atoms with van der Waals surface area (Å²) in [5.74, 6) is 2.45. The van der Waals surface area contributed by atoms with Crippen LogP contribution in [0.4, 0.5) is 0 Å². The Morgan fingerprint density at radius 1 is 1.07 bits per heavy atom. The molecule has 0 amide bonds. The fraction of sp³-hybridized carbons (Fsp3) is 1.00. The second-order valence-electron chi connectivity index (χ2n) is 5.11. The normalized spacial score (nSPS) is 14.2. The molecule has 0 aliphatic carbocycles. The zero-order chi connectivity index (χ0) is 11.8. The monoisotopic (exact) mass is 232 g/mol. The lowest BCUT2D eigenvalue weighted by Gasteiger charge is -2.25. The standard InChI is InChI=1S/C12H28N2S/c1-11(2)12(10-15)9-14(5)8-6-7-13(3)4/h11-12,15H,6-10H2,1-5H3. The van der Waals surface area contributed by atoms with Crippen molar-refractivity contribution in [1.29, 1.82) is 0 Å². The molecule has 3 heteroatoms. The van der Waals surface area contributed by atoms with E-state index in [9.17, 15) is 0 Å². The SMILES string of the molecule is CC(C)C(CS)CN(C)CCCN(C)C. The van der Waals surface area contributed by atoms with Crippen LogP contribution < -0.4 is 0 Å². The van der Waals surface area contributed by atoms with Gasteiger partial charge in [-0.1, -0.05) is 13.8 Å². The zero-order valence-electron chi connectivity index (χ0n) is 11.0. The van der Waals surface area contributed by atoms with Gasteiger partial charge in [-0.15, -0.1) is 0 Å². The third-order valence-electron chi connectivity index (χ3n) is 2.87. The number of nitrogens with zero attached hydrogens (tertiary/aromatic N) is 2. The van der Waals surface area contributed by atoms with Crippen molar-refractivity contribution in [2.75, 3.05) is 46.5 Å². The molecule has 0 heterocycles. The lowest BCUT2D eigenvalue weighted by atomic mass is 9.97. The Hall–Kier alpha value is 0.270. The maximum atomic E-state index is 4.42. The number of thiol groups is 1. The molecule has 0 saturated carbocycles. The summed E-state index contributed by atoms with van der Waals surface area (Å²) < 4.78 is 0. The highest BCUT2D eigenvalue weighted by Gasteiger charge is 2.13. The van der Waals surface area contributed by atoms with Crippen molar-refractivity contribution in [2.24, 2.45) is 11.8 Å². The molecular formula is C12H28N2S. The van der Waals surface area contributed by atoms with Crippen LogP contribution in [-0.4, -0.2) is 56.3 Å². The highest BCUT2D eigenvalue weighted by molar-refractivity contribution is 7.80. The van der Waals surface area contributed by atoms with Gasteiger partial charge in [0.2, 0.25) is 0 Å². The van der Waals surface area contributed by atoms with Crippen molar-refractivity contribution >= 4 is 12.6 Å². The summed E-state index contributed by atoms with van der Waals surface area (Å²) in [4.78, 5) is 4.68. The Labute approximate surface area is 101 Å². The molecule has 0 aromatic heterocycles. The van der Waals surface area contributed by atoms with E-state index in [1.54, 1.807) is 0 Å². The smallest absolute Gasteiger partial charge is 0.00169 e.